The van der Waals surface area contributed by atoms with Crippen molar-refractivity contribution >= 4 is 17.7 Å². The molecule has 7 heteroatoms. The Morgan fingerprint density at radius 2 is 2.18 bits per heavy atom. The van der Waals surface area contributed by atoms with Crippen LogP contribution in [0.4, 0.5) is 0 Å². The Balaban J connectivity index is 1.75. The highest BCUT2D eigenvalue weighted by Gasteiger charge is 2.29. The Morgan fingerprint density at radius 1 is 1.36 bits per heavy atom. The Kier molecular flexibility index (Phi) is 6.99. The second-order valence-electron chi connectivity index (χ2n) is 7.25. The molecule has 1 unspecified atom stereocenters. The van der Waals surface area contributed by atoms with Crippen molar-refractivity contribution < 1.29 is 9.21 Å². The number of rotatable bonds is 6. The van der Waals surface area contributed by atoms with Gasteiger partial charge in [-0.1, -0.05) is 31.5 Å². The number of nitrogens with one attached hydrogen (secondary N) is 1. The van der Waals surface area contributed by atoms with Crippen LogP contribution in [-0.2, 0) is 17.6 Å². The first kappa shape index (κ1) is 20.7. The van der Waals surface area contributed by atoms with Crippen molar-refractivity contribution in [2.24, 2.45) is 0 Å². The molecule has 0 saturated carbocycles. The third-order valence-corrected chi connectivity index (χ3v) is 6.00. The Hall–Kier alpha value is -2.02. The maximum atomic E-state index is 13.1. The van der Waals surface area contributed by atoms with E-state index in [1.165, 1.54) is 11.8 Å². The highest BCUT2D eigenvalue weighted by atomic mass is 32.2. The van der Waals surface area contributed by atoms with E-state index >= 15 is 0 Å². The van der Waals surface area contributed by atoms with Gasteiger partial charge in [0.05, 0.1) is 6.04 Å². The highest BCUT2D eigenvalue weighted by molar-refractivity contribution is 7.98. The van der Waals surface area contributed by atoms with E-state index in [0.717, 1.165) is 50.2 Å². The minimum Gasteiger partial charge on any atom is -0.464 e. The van der Waals surface area contributed by atoms with Crippen molar-refractivity contribution in [2.45, 2.75) is 70.0 Å². The smallest absolute Gasteiger partial charge is 0.254 e. The average Bonchev–Trinajstić information content (AvgIpc) is 3.03. The van der Waals surface area contributed by atoms with E-state index in [9.17, 15) is 9.59 Å². The van der Waals surface area contributed by atoms with E-state index in [2.05, 4.69) is 16.9 Å². The van der Waals surface area contributed by atoms with Gasteiger partial charge in [-0.05, 0) is 44.6 Å². The van der Waals surface area contributed by atoms with E-state index in [1.807, 2.05) is 30.2 Å². The molecule has 0 spiro atoms. The van der Waals surface area contributed by atoms with Gasteiger partial charge in [0.25, 0.3) is 5.56 Å². The zero-order valence-corrected chi connectivity index (χ0v) is 17.7. The molecule has 1 fully saturated rings. The van der Waals surface area contributed by atoms with E-state index < -0.39 is 0 Å². The number of aryl methyl sites for hydroxylation is 2. The van der Waals surface area contributed by atoms with Crippen LogP contribution in [0.5, 0.6) is 0 Å². The summed E-state index contributed by atoms with van der Waals surface area (Å²) in [5, 5.41) is 0.606. The standard InChI is InChI=1S/C21H29N3O3S/c1-4-15-9-11-18(27-15)17-8-6-5-7-13-24(17)19(25)12-10-16-14(2)22-21(28-3)23-20(16)26/h9,11,17H,4-8,10,12-13H2,1-3H3,(H,22,23,26). The van der Waals surface area contributed by atoms with Gasteiger partial charge in [0.2, 0.25) is 5.91 Å². The number of amides is 1. The second-order valence-corrected chi connectivity index (χ2v) is 8.04. The summed E-state index contributed by atoms with van der Waals surface area (Å²) in [4.78, 5) is 34.6. The largest absolute Gasteiger partial charge is 0.464 e. The lowest BCUT2D eigenvalue weighted by Crippen LogP contribution is -2.35. The molecule has 1 aliphatic heterocycles. The van der Waals surface area contributed by atoms with Gasteiger partial charge in [-0.15, -0.1) is 0 Å². The van der Waals surface area contributed by atoms with Crippen LogP contribution in [0.15, 0.2) is 26.5 Å². The van der Waals surface area contributed by atoms with Crippen LogP contribution >= 0.6 is 11.8 Å². The van der Waals surface area contributed by atoms with Gasteiger partial charge >= 0.3 is 0 Å². The molecule has 1 aliphatic rings. The molecular formula is C21H29N3O3S. The molecule has 1 atom stereocenters. The second kappa shape index (κ2) is 9.45. The number of aromatic nitrogens is 2. The molecule has 3 heterocycles. The summed E-state index contributed by atoms with van der Waals surface area (Å²) in [6.07, 6.45) is 7.58. The normalized spacial score (nSPS) is 17.5. The molecule has 0 aromatic carbocycles. The van der Waals surface area contributed by atoms with Crippen LogP contribution in [-0.4, -0.2) is 33.6 Å². The van der Waals surface area contributed by atoms with Gasteiger partial charge in [-0.2, -0.15) is 0 Å². The van der Waals surface area contributed by atoms with Crippen LogP contribution in [0.3, 0.4) is 0 Å². The van der Waals surface area contributed by atoms with Gasteiger partial charge in [-0.3, -0.25) is 9.59 Å². The molecule has 3 rings (SSSR count). The third kappa shape index (κ3) is 4.69. The number of H-pyrrole nitrogens is 1. The van der Waals surface area contributed by atoms with E-state index in [1.54, 1.807) is 0 Å². The van der Waals surface area contributed by atoms with Crippen molar-refractivity contribution in [3.05, 3.63) is 45.3 Å². The predicted molar refractivity (Wildman–Crippen MR) is 111 cm³/mol. The number of thioether (sulfide) groups is 1. The number of hydrogen-bond acceptors (Lipinski definition) is 5. The number of furan rings is 1. The number of carbonyl (C=O) groups excluding carboxylic acids is 1. The Morgan fingerprint density at radius 3 is 2.86 bits per heavy atom. The van der Waals surface area contributed by atoms with Gasteiger partial charge in [-0.25, -0.2) is 4.98 Å². The van der Waals surface area contributed by atoms with E-state index in [-0.39, 0.29) is 17.5 Å². The fourth-order valence-corrected chi connectivity index (χ4v) is 4.24. The maximum Gasteiger partial charge on any atom is 0.254 e. The van der Waals surface area contributed by atoms with Crippen molar-refractivity contribution in [1.82, 2.24) is 14.9 Å². The number of nitrogens with zero attached hydrogens (tertiary/aromatic N) is 2. The minimum absolute atomic E-state index is 0.00771. The van der Waals surface area contributed by atoms with Crippen LogP contribution in [0.25, 0.3) is 0 Å². The average molecular weight is 404 g/mol. The van der Waals surface area contributed by atoms with Gasteiger partial charge in [0.15, 0.2) is 5.16 Å². The monoisotopic (exact) mass is 403 g/mol. The van der Waals surface area contributed by atoms with Crippen molar-refractivity contribution in [3.63, 3.8) is 0 Å². The molecule has 0 aliphatic carbocycles. The van der Waals surface area contributed by atoms with Crippen molar-refractivity contribution in [2.75, 3.05) is 12.8 Å². The summed E-state index contributed by atoms with van der Waals surface area (Å²) in [6.45, 7) is 4.64. The highest BCUT2D eigenvalue weighted by Crippen LogP contribution is 2.32. The quantitative estimate of drug-likeness (QED) is 0.582. The van der Waals surface area contributed by atoms with Crippen LogP contribution in [0.2, 0.25) is 0 Å². The molecular weight excluding hydrogens is 374 g/mol. The van der Waals surface area contributed by atoms with Crippen molar-refractivity contribution in [3.8, 4) is 0 Å². The van der Waals surface area contributed by atoms with Gasteiger partial charge < -0.3 is 14.3 Å². The molecule has 1 amide bonds. The first-order valence-electron chi connectivity index (χ1n) is 10.0. The van der Waals surface area contributed by atoms with Gasteiger partial charge in [0, 0.05) is 30.6 Å². The lowest BCUT2D eigenvalue weighted by atomic mass is 10.1. The van der Waals surface area contributed by atoms with Crippen LogP contribution < -0.4 is 5.56 Å². The lowest BCUT2D eigenvalue weighted by molar-refractivity contribution is -0.134. The topological polar surface area (TPSA) is 79.2 Å². The SMILES string of the molecule is CCc1ccc(C2CCCCCN2C(=O)CCc2c(C)nc(SC)[nH]c2=O)o1. The first-order chi connectivity index (χ1) is 13.5. The molecule has 152 valence electrons. The molecule has 2 aromatic heterocycles. The van der Waals surface area contributed by atoms with Crippen LogP contribution in [0.1, 0.15) is 67.8 Å². The maximum absolute atomic E-state index is 13.1. The summed E-state index contributed by atoms with van der Waals surface area (Å²) < 4.78 is 5.97. The third-order valence-electron chi connectivity index (χ3n) is 5.42. The summed E-state index contributed by atoms with van der Waals surface area (Å²) in [5.41, 5.74) is 1.16. The van der Waals surface area contributed by atoms with Gasteiger partial charge in [0.1, 0.15) is 11.5 Å². The fraction of sp³-hybridized carbons (Fsp3) is 0.571. The molecule has 28 heavy (non-hydrogen) atoms. The van der Waals surface area contributed by atoms with E-state index in [0.29, 0.717) is 29.3 Å². The number of aromatic amines is 1. The zero-order chi connectivity index (χ0) is 20.1. The van der Waals surface area contributed by atoms with Crippen molar-refractivity contribution in [1.29, 1.82) is 0 Å². The summed E-state index contributed by atoms with van der Waals surface area (Å²) in [5.74, 6) is 1.91. The predicted octanol–water partition coefficient (Wildman–Crippen LogP) is 4.03. The molecule has 1 N–H and O–H groups in total. The molecule has 0 radical (unpaired) electrons. The summed E-state index contributed by atoms with van der Waals surface area (Å²) in [6, 6.07) is 4.01. The fourth-order valence-electron chi connectivity index (χ4n) is 3.82. The minimum atomic E-state index is -0.143. The molecule has 0 bridgehead atoms. The Bertz CT molecular complexity index is 874. The molecule has 2 aromatic rings. The Labute approximate surface area is 170 Å². The lowest BCUT2D eigenvalue weighted by Gasteiger charge is -2.29. The van der Waals surface area contributed by atoms with E-state index in [4.69, 9.17) is 4.42 Å². The number of carbonyl (C=O) groups is 1. The van der Waals surface area contributed by atoms with Crippen LogP contribution in [0, 0.1) is 6.92 Å². The number of hydrogen-bond donors (Lipinski definition) is 1. The zero-order valence-electron chi connectivity index (χ0n) is 16.9. The first-order valence-corrected chi connectivity index (χ1v) is 11.3. The summed E-state index contributed by atoms with van der Waals surface area (Å²) in [7, 11) is 0. The molecule has 1 saturated heterocycles. The number of likely N-dealkylation sites (tertiary alicyclic amines) is 1. The summed E-state index contributed by atoms with van der Waals surface area (Å²) >= 11 is 1.40. The molecule has 6 nitrogen and oxygen atoms in total.